The first-order chi connectivity index (χ1) is 15.4. The Morgan fingerprint density at radius 3 is 2.52 bits per heavy atom. The Bertz CT molecular complexity index is 1570. The number of halogens is 2. The molecule has 11 heteroatoms. The normalized spacial score (nSPS) is 14.6. The van der Waals surface area contributed by atoms with Gasteiger partial charge in [0.2, 0.25) is 10.0 Å². The molecule has 1 aliphatic heterocycles. The number of rotatable bonds is 3. The molecule has 1 aliphatic rings. The molecular weight excluding hydrogens is 450 g/mol. The molecule has 0 radical (unpaired) electrons. The molecule has 0 unspecified atom stereocenters. The maximum Gasteiger partial charge on any atom is 0.236 e. The number of benzene rings is 2. The second-order valence-corrected chi connectivity index (χ2v) is 10.5. The van der Waals surface area contributed by atoms with Crippen molar-refractivity contribution in [2.24, 2.45) is 0 Å². The highest BCUT2D eigenvalue weighted by atomic mass is 32.2. The predicted octanol–water partition coefficient (Wildman–Crippen LogP) is 3.99. The van der Waals surface area contributed by atoms with Gasteiger partial charge in [-0.1, -0.05) is 0 Å². The van der Waals surface area contributed by atoms with Crippen molar-refractivity contribution in [3.63, 3.8) is 0 Å². The number of nitrogens with one attached hydrogen (secondary N) is 2. The molecule has 8 nitrogen and oxygen atoms in total. The van der Waals surface area contributed by atoms with Gasteiger partial charge in [0.25, 0.3) is 0 Å². The highest BCUT2D eigenvalue weighted by Crippen LogP contribution is 2.47. The lowest BCUT2D eigenvalue weighted by atomic mass is 9.94. The highest BCUT2D eigenvalue weighted by molar-refractivity contribution is 7.89. The third-order valence-electron chi connectivity index (χ3n) is 5.93. The Morgan fingerprint density at radius 2 is 1.85 bits per heavy atom. The van der Waals surface area contributed by atoms with Crippen LogP contribution >= 0.6 is 0 Å². The Kier molecular flexibility index (Phi) is 4.38. The third-order valence-corrected chi connectivity index (χ3v) is 6.97. The van der Waals surface area contributed by atoms with Crippen molar-refractivity contribution in [2.75, 3.05) is 23.9 Å². The molecule has 0 aliphatic carbocycles. The molecule has 0 saturated heterocycles. The predicted molar refractivity (Wildman–Crippen MR) is 123 cm³/mol. The molecule has 0 saturated carbocycles. The summed E-state index contributed by atoms with van der Waals surface area (Å²) >= 11 is 0. The van der Waals surface area contributed by atoms with Gasteiger partial charge in [-0.15, -0.1) is 10.2 Å². The van der Waals surface area contributed by atoms with Crippen molar-refractivity contribution in [1.29, 1.82) is 0 Å². The van der Waals surface area contributed by atoms with Gasteiger partial charge in [0, 0.05) is 24.2 Å². The summed E-state index contributed by atoms with van der Waals surface area (Å²) < 4.78 is 57.4. The van der Waals surface area contributed by atoms with Gasteiger partial charge in [-0.3, -0.25) is 4.57 Å². The highest BCUT2D eigenvalue weighted by Gasteiger charge is 2.38. The number of fused-ring (bicyclic) bond motifs is 4. The van der Waals surface area contributed by atoms with Crippen LogP contribution in [0.4, 0.5) is 20.2 Å². The first kappa shape index (κ1) is 21.4. The standard InChI is InChI=1S/C22H22F2N6O2S/c1-11-27-28-21-22(2,3)26-19-16(24)10-15(18(25-4)20(19)30(11)21)14-8-12(23)9-17-13(14)6-7-29(17)33(5,31)32/h6-10,25-26H,1-5H3. The van der Waals surface area contributed by atoms with Gasteiger partial charge in [-0.05, 0) is 50.6 Å². The van der Waals surface area contributed by atoms with Gasteiger partial charge < -0.3 is 10.6 Å². The van der Waals surface area contributed by atoms with E-state index in [-0.39, 0.29) is 11.2 Å². The molecule has 4 aromatic rings. The first-order valence-corrected chi connectivity index (χ1v) is 12.1. The number of anilines is 2. The maximum absolute atomic E-state index is 15.6. The summed E-state index contributed by atoms with van der Waals surface area (Å²) in [6, 6.07) is 5.33. The van der Waals surface area contributed by atoms with Gasteiger partial charge >= 0.3 is 0 Å². The monoisotopic (exact) mass is 472 g/mol. The average molecular weight is 473 g/mol. The zero-order valence-electron chi connectivity index (χ0n) is 18.7. The average Bonchev–Trinajstić information content (AvgIpc) is 3.32. The fourth-order valence-electron chi connectivity index (χ4n) is 4.54. The van der Waals surface area contributed by atoms with Gasteiger partial charge in [-0.25, -0.2) is 21.2 Å². The Balaban J connectivity index is 1.89. The fourth-order valence-corrected chi connectivity index (χ4v) is 5.33. The van der Waals surface area contributed by atoms with Crippen molar-refractivity contribution in [2.45, 2.75) is 26.3 Å². The van der Waals surface area contributed by atoms with E-state index in [4.69, 9.17) is 0 Å². The third kappa shape index (κ3) is 3.02. The molecule has 2 aromatic carbocycles. The lowest BCUT2D eigenvalue weighted by Crippen LogP contribution is -2.36. The van der Waals surface area contributed by atoms with Crippen LogP contribution in [0, 0.1) is 18.6 Å². The van der Waals surface area contributed by atoms with E-state index in [9.17, 15) is 12.8 Å². The van der Waals surface area contributed by atoms with E-state index in [2.05, 4.69) is 20.8 Å². The topological polar surface area (TPSA) is 93.8 Å². The first-order valence-electron chi connectivity index (χ1n) is 10.2. The summed E-state index contributed by atoms with van der Waals surface area (Å²) in [5.74, 6) is 0.00199. The van der Waals surface area contributed by atoms with E-state index in [0.29, 0.717) is 39.5 Å². The summed E-state index contributed by atoms with van der Waals surface area (Å²) in [6.45, 7) is 5.54. The van der Waals surface area contributed by atoms with Gasteiger partial charge in [0.1, 0.15) is 17.5 Å². The summed E-state index contributed by atoms with van der Waals surface area (Å²) in [4.78, 5) is 0. The van der Waals surface area contributed by atoms with E-state index in [0.717, 1.165) is 16.3 Å². The second kappa shape index (κ2) is 6.77. The summed E-state index contributed by atoms with van der Waals surface area (Å²) in [5, 5.41) is 15.3. The molecule has 0 spiro atoms. The van der Waals surface area contributed by atoms with E-state index >= 15 is 4.39 Å². The fraction of sp³-hybridized carbons (Fsp3) is 0.273. The van der Waals surface area contributed by atoms with Crippen molar-refractivity contribution in [3.05, 3.63) is 53.7 Å². The van der Waals surface area contributed by atoms with Crippen molar-refractivity contribution < 1.29 is 17.2 Å². The molecule has 172 valence electrons. The molecule has 33 heavy (non-hydrogen) atoms. The summed E-state index contributed by atoms with van der Waals surface area (Å²) in [5.41, 5.74) is 1.50. The van der Waals surface area contributed by atoms with Crippen LogP contribution < -0.4 is 10.6 Å². The summed E-state index contributed by atoms with van der Waals surface area (Å²) in [6.07, 6.45) is 2.40. The largest absolute Gasteiger partial charge is 0.386 e. The van der Waals surface area contributed by atoms with Crippen LogP contribution in [0.3, 0.4) is 0 Å². The number of hydrogen-bond acceptors (Lipinski definition) is 6. The molecule has 0 atom stereocenters. The van der Waals surface area contributed by atoms with Crippen LogP contribution in [0.25, 0.3) is 27.7 Å². The van der Waals surface area contributed by atoms with Crippen LogP contribution in [0.2, 0.25) is 0 Å². The number of nitrogens with zero attached hydrogens (tertiary/aromatic N) is 4. The van der Waals surface area contributed by atoms with Crippen LogP contribution in [0.1, 0.15) is 25.5 Å². The van der Waals surface area contributed by atoms with Crippen molar-refractivity contribution in [1.82, 2.24) is 18.7 Å². The zero-order chi connectivity index (χ0) is 23.9. The van der Waals surface area contributed by atoms with Gasteiger partial charge in [0.05, 0.1) is 34.4 Å². The van der Waals surface area contributed by atoms with Crippen LogP contribution in [-0.4, -0.2) is 40.5 Å². The van der Waals surface area contributed by atoms with Crippen LogP contribution in [-0.2, 0) is 15.6 Å². The molecule has 0 amide bonds. The minimum atomic E-state index is -3.66. The van der Waals surface area contributed by atoms with E-state index < -0.39 is 27.2 Å². The van der Waals surface area contributed by atoms with Crippen LogP contribution in [0.5, 0.6) is 0 Å². The summed E-state index contributed by atoms with van der Waals surface area (Å²) in [7, 11) is -1.97. The van der Waals surface area contributed by atoms with E-state index in [1.807, 2.05) is 13.8 Å². The number of aryl methyl sites for hydroxylation is 1. The zero-order valence-corrected chi connectivity index (χ0v) is 19.5. The molecular formula is C22H22F2N6O2S. The smallest absolute Gasteiger partial charge is 0.236 e. The van der Waals surface area contributed by atoms with Crippen molar-refractivity contribution >= 4 is 32.3 Å². The molecule has 0 fully saturated rings. The van der Waals surface area contributed by atoms with E-state index in [1.54, 1.807) is 24.6 Å². The minimum absolute atomic E-state index is 0.174. The molecule has 2 N–H and O–H groups in total. The molecule has 3 heterocycles. The Morgan fingerprint density at radius 1 is 1.12 bits per heavy atom. The van der Waals surface area contributed by atoms with Crippen molar-refractivity contribution in [3.8, 4) is 16.8 Å². The molecule has 5 rings (SSSR count). The Hall–Kier alpha value is -3.47. The lowest BCUT2D eigenvalue weighted by molar-refractivity contribution is 0.523. The quantitative estimate of drug-likeness (QED) is 0.468. The second-order valence-electron chi connectivity index (χ2n) is 8.67. The molecule has 2 aromatic heterocycles. The van der Waals surface area contributed by atoms with Crippen LogP contribution in [0.15, 0.2) is 30.5 Å². The number of hydrogen-bond donors (Lipinski definition) is 2. The molecule has 0 bridgehead atoms. The number of aromatic nitrogens is 4. The SMILES string of the molecule is CNc1c(-c2cc(F)cc3c2ccn3S(C)(=O)=O)cc(F)c2c1-n1c(C)nnc1C(C)(C)N2. The van der Waals surface area contributed by atoms with Gasteiger partial charge in [-0.2, -0.15) is 0 Å². The lowest BCUT2D eigenvalue weighted by Gasteiger charge is -2.35. The maximum atomic E-state index is 15.6. The van der Waals surface area contributed by atoms with E-state index in [1.165, 1.54) is 18.3 Å². The minimum Gasteiger partial charge on any atom is -0.386 e. The Labute approximate surface area is 189 Å². The van der Waals surface area contributed by atoms with Gasteiger partial charge in [0.15, 0.2) is 5.82 Å².